The second kappa shape index (κ2) is 10.8. The number of carbonyl (C=O) groups excluding carboxylic acids is 1. The van der Waals surface area contributed by atoms with E-state index in [1.165, 1.54) is 12.1 Å². The summed E-state index contributed by atoms with van der Waals surface area (Å²) in [6.45, 7) is 6.96. The van der Waals surface area contributed by atoms with Crippen LogP contribution in [0, 0.1) is 5.82 Å². The van der Waals surface area contributed by atoms with Gasteiger partial charge in [-0.3, -0.25) is 9.69 Å². The summed E-state index contributed by atoms with van der Waals surface area (Å²) in [5, 5.41) is 11.4. The minimum Gasteiger partial charge on any atom is -0.352 e. The summed E-state index contributed by atoms with van der Waals surface area (Å²) >= 11 is 0. The number of aromatic nitrogens is 3. The highest BCUT2D eigenvalue weighted by Gasteiger charge is 2.24. The third kappa shape index (κ3) is 5.96. The van der Waals surface area contributed by atoms with Crippen LogP contribution < -0.4 is 16.0 Å². The second-order valence-corrected chi connectivity index (χ2v) is 8.38. The highest BCUT2D eigenvalue weighted by atomic mass is 19.1. The molecule has 0 unspecified atom stereocenters. The van der Waals surface area contributed by atoms with E-state index in [0.29, 0.717) is 24.7 Å². The highest BCUT2D eigenvalue weighted by Crippen LogP contribution is 2.19. The smallest absolute Gasteiger partial charge is 0.245 e. The lowest BCUT2D eigenvalue weighted by Crippen LogP contribution is -2.52. The van der Waals surface area contributed by atoms with Gasteiger partial charge < -0.3 is 20.9 Å². The lowest BCUT2D eigenvalue weighted by Gasteiger charge is -2.35. The number of likely N-dealkylation sites (tertiary alicyclic amines) is 1. The fourth-order valence-electron chi connectivity index (χ4n) is 4.25. The molecule has 2 fully saturated rings. The quantitative estimate of drug-likeness (QED) is 0.633. The Kier molecular flexibility index (Phi) is 7.56. The molecule has 4 rings (SSSR count). The topological polar surface area (TPSA) is 104 Å². The number of nitrogens with one attached hydrogen (secondary N) is 1. The number of amides is 1. The number of benzene rings is 1. The molecule has 0 radical (unpaired) electrons. The number of rotatable bonds is 7. The average Bonchev–Trinajstić information content (AvgIpc) is 2.81. The molecule has 0 saturated carbocycles. The standard InChI is InChI=1S/C22H31FN8O/c23-18-3-1-17(2-4-18)20-15-25-28-22(27-20)31-13-11-30(12-14-31)16-21(32)26-19-5-8-29(9-6-19)10-7-24/h1-4,15,19H,5-14,16,24H2,(H,26,32). The van der Waals surface area contributed by atoms with Crippen molar-refractivity contribution in [1.29, 1.82) is 0 Å². The molecule has 1 amide bonds. The van der Waals surface area contributed by atoms with Crippen molar-refractivity contribution >= 4 is 11.9 Å². The minimum absolute atomic E-state index is 0.0898. The van der Waals surface area contributed by atoms with Crippen LogP contribution in [-0.4, -0.2) is 95.8 Å². The Balaban J connectivity index is 1.23. The lowest BCUT2D eigenvalue weighted by molar-refractivity contribution is -0.123. The molecule has 0 atom stereocenters. The maximum Gasteiger partial charge on any atom is 0.245 e. The molecule has 3 N–H and O–H groups in total. The molecule has 9 nitrogen and oxygen atoms in total. The van der Waals surface area contributed by atoms with Crippen LogP contribution in [0.3, 0.4) is 0 Å². The largest absolute Gasteiger partial charge is 0.352 e. The fraction of sp³-hybridized carbons (Fsp3) is 0.545. The molecule has 32 heavy (non-hydrogen) atoms. The van der Waals surface area contributed by atoms with Crippen LogP contribution in [0.25, 0.3) is 11.3 Å². The molecular weight excluding hydrogens is 411 g/mol. The van der Waals surface area contributed by atoms with Gasteiger partial charge in [-0.2, -0.15) is 5.10 Å². The summed E-state index contributed by atoms with van der Waals surface area (Å²) in [6.07, 6.45) is 3.54. The fourth-order valence-corrected chi connectivity index (χ4v) is 4.25. The van der Waals surface area contributed by atoms with Crippen LogP contribution in [0.1, 0.15) is 12.8 Å². The van der Waals surface area contributed by atoms with E-state index < -0.39 is 0 Å². The Labute approximate surface area is 187 Å². The normalized spacial score (nSPS) is 18.6. The summed E-state index contributed by atoms with van der Waals surface area (Å²) in [7, 11) is 0. The molecular formula is C22H31FN8O. The van der Waals surface area contributed by atoms with Gasteiger partial charge in [-0.25, -0.2) is 9.37 Å². The Hall–Kier alpha value is -2.69. The zero-order valence-corrected chi connectivity index (χ0v) is 18.3. The van der Waals surface area contributed by atoms with Crippen LogP contribution in [0.2, 0.25) is 0 Å². The average molecular weight is 443 g/mol. The maximum absolute atomic E-state index is 13.2. The molecule has 2 aliphatic heterocycles. The van der Waals surface area contributed by atoms with Gasteiger partial charge in [0.05, 0.1) is 18.4 Å². The van der Waals surface area contributed by atoms with E-state index in [4.69, 9.17) is 5.73 Å². The van der Waals surface area contributed by atoms with Crippen molar-refractivity contribution in [3.63, 3.8) is 0 Å². The molecule has 0 aliphatic carbocycles. The number of halogens is 1. The molecule has 2 saturated heterocycles. The van der Waals surface area contributed by atoms with Gasteiger partial charge in [0.25, 0.3) is 0 Å². The predicted octanol–water partition coefficient (Wildman–Crippen LogP) is 0.339. The van der Waals surface area contributed by atoms with E-state index in [0.717, 1.165) is 64.2 Å². The SMILES string of the molecule is NCCN1CCC(NC(=O)CN2CCN(c3nncc(-c4ccc(F)cc4)n3)CC2)CC1. The molecule has 2 aliphatic rings. The Morgan fingerprint density at radius 1 is 1.06 bits per heavy atom. The van der Waals surface area contributed by atoms with Gasteiger partial charge >= 0.3 is 0 Å². The van der Waals surface area contributed by atoms with Crippen LogP contribution in [0.15, 0.2) is 30.5 Å². The summed E-state index contributed by atoms with van der Waals surface area (Å²) < 4.78 is 13.2. The number of hydrogen-bond donors (Lipinski definition) is 2. The monoisotopic (exact) mass is 442 g/mol. The molecule has 1 aromatic heterocycles. The second-order valence-electron chi connectivity index (χ2n) is 8.38. The van der Waals surface area contributed by atoms with E-state index in [2.05, 4.69) is 35.2 Å². The summed E-state index contributed by atoms with van der Waals surface area (Å²) in [5.74, 6) is 0.361. The van der Waals surface area contributed by atoms with E-state index in [9.17, 15) is 9.18 Å². The highest BCUT2D eigenvalue weighted by molar-refractivity contribution is 5.78. The van der Waals surface area contributed by atoms with Crippen molar-refractivity contribution in [3.8, 4) is 11.3 Å². The van der Waals surface area contributed by atoms with Crippen LogP contribution >= 0.6 is 0 Å². The Bertz CT molecular complexity index is 880. The van der Waals surface area contributed by atoms with E-state index in [-0.39, 0.29) is 17.8 Å². The third-order valence-electron chi connectivity index (χ3n) is 6.11. The first-order valence-electron chi connectivity index (χ1n) is 11.3. The summed E-state index contributed by atoms with van der Waals surface area (Å²) in [4.78, 5) is 23.7. The lowest BCUT2D eigenvalue weighted by atomic mass is 10.1. The van der Waals surface area contributed by atoms with E-state index in [1.54, 1.807) is 18.3 Å². The van der Waals surface area contributed by atoms with Gasteiger partial charge in [0, 0.05) is 64.0 Å². The number of hydrogen-bond acceptors (Lipinski definition) is 8. The first kappa shape index (κ1) is 22.5. The first-order chi connectivity index (χ1) is 15.6. The molecule has 2 aromatic rings. The van der Waals surface area contributed by atoms with Gasteiger partial charge in [-0.05, 0) is 37.1 Å². The summed E-state index contributed by atoms with van der Waals surface area (Å²) in [6, 6.07) is 6.43. The van der Waals surface area contributed by atoms with Crippen molar-refractivity contribution < 1.29 is 9.18 Å². The molecule has 172 valence electrons. The van der Waals surface area contributed by atoms with Crippen molar-refractivity contribution in [2.45, 2.75) is 18.9 Å². The van der Waals surface area contributed by atoms with E-state index >= 15 is 0 Å². The van der Waals surface area contributed by atoms with Crippen molar-refractivity contribution in [2.75, 3.05) is 63.8 Å². The number of anilines is 1. The predicted molar refractivity (Wildman–Crippen MR) is 121 cm³/mol. The van der Waals surface area contributed by atoms with Crippen LogP contribution in [-0.2, 0) is 4.79 Å². The Morgan fingerprint density at radius 2 is 1.78 bits per heavy atom. The van der Waals surface area contributed by atoms with Crippen LogP contribution in [0.4, 0.5) is 10.3 Å². The zero-order chi connectivity index (χ0) is 22.3. The van der Waals surface area contributed by atoms with E-state index in [1.807, 2.05) is 0 Å². The molecule has 3 heterocycles. The van der Waals surface area contributed by atoms with Crippen molar-refractivity contribution in [2.24, 2.45) is 5.73 Å². The molecule has 0 bridgehead atoms. The molecule has 1 aromatic carbocycles. The van der Waals surface area contributed by atoms with Gasteiger partial charge in [0.1, 0.15) is 5.82 Å². The minimum atomic E-state index is -0.284. The number of nitrogens with zero attached hydrogens (tertiary/aromatic N) is 6. The third-order valence-corrected chi connectivity index (χ3v) is 6.11. The van der Waals surface area contributed by atoms with Crippen molar-refractivity contribution in [1.82, 2.24) is 30.3 Å². The Morgan fingerprint density at radius 3 is 2.47 bits per heavy atom. The number of carbonyl (C=O) groups is 1. The van der Waals surface area contributed by atoms with Gasteiger partial charge in [0.2, 0.25) is 11.9 Å². The summed E-state index contributed by atoms with van der Waals surface area (Å²) in [5.41, 5.74) is 7.08. The number of nitrogens with two attached hydrogens (primary N) is 1. The maximum atomic E-state index is 13.2. The molecule has 0 spiro atoms. The molecule has 10 heteroatoms. The zero-order valence-electron chi connectivity index (χ0n) is 18.3. The first-order valence-corrected chi connectivity index (χ1v) is 11.3. The number of piperidine rings is 1. The number of piperazine rings is 1. The van der Waals surface area contributed by atoms with Gasteiger partial charge in [-0.15, -0.1) is 5.10 Å². The van der Waals surface area contributed by atoms with Crippen molar-refractivity contribution in [3.05, 3.63) is 36.3 Å². The van der Waals surface area contributed by atoms with Gasteiger partial charge in [0.15, 0.2) is 0 Å². The van der Waals surface area contributed by atoms with Gasteiger partial charge in [-0.1, -0.05) is 0 Å². The van der Waals surface area contributed by atoms with Crippen LogP contribution in [0.5, 0.6) is 0 Å².